The van der Waals surface area contributed by atoms with Crippen molar-refractivity contribution in [2.75, 3.05) is 52.5 Å². The maximum atomic E-state index is 12.6. The molecule has 5 heteroatoms. The van der Waals surface area contributed by atoms with E-state index >= 15 is 0 Å². The van der Waals surface area contributed by atoms with Gasteiger partial charge in [0, 0.05) is 45.3 Å². The van der Waals surface area contributed by atoms with Crippen molar-refractivity contribution in [3.63, 3.8) is 0 Å². The normalized spacial score (nSPS) is 28.1. The topological polar surface area (TPSA) is 36.0 Å². The summed E-state index contributed by atoms with van der Waals surface area (Å²) in [5.41, 5.74) is -0.372. The summed E-state index contributed by atoms with van der Waals surface area (Å²) in [5.74, 6) is 0.283. The lowest BCUT2D eigenvalue weighted by atomic mass is 9.97. The number of nitrogens with zero attached hydrogens (tertiary/aromatic N) is 3. The second-order valence-corrected chi connectivity index (χ2v) is 6.80. The lowest BCUT2D eigenvalue weighted by molar-refractivity contribution is -0.149. The second-order valence-electron chi connectivity index (χ2n) is 6.80. The van der Waals surface area contributed by atoms with E-state index in [1.165, 1.54) is 0 Å². The molecule has 0 aromatic heterocycles. The van der Waals surface area contributed by atoms with Gasteiger partial charge in [0.1, 0.15) is 0 Å². The molecule has 5 nitrogen and oxygen atoms in total. The highest BCUT2D eigenvalue weighted by Crippen LogP contribution is 2.22. The van der Waals surface area contributed by atoms with Gasteiger partial charge in [0.25, 0.3) is 0 Å². The van der Waals surface area contributed by atoms with Crippen molar-refractivity contribution in [2.45, 2.75) is 45.7 Å². The fraction of sp³-hybridized carbons (Fsp3) is 0.938. The first-order chi connectivity index (χ1) is 9.96. The Hall–Kier alpha value is -0.650. The van der Waals surface area contributed by atoms with Crippen LogP contribution in [-0.2, 0) is 9.53 Å². The SMILES string of the molecule is CCCN1CCN(CCN2CCOCC2C)C(C)(C)C1=O. The van der Waals surface area contributed by atoms with Gasteiger partial charge in [-0.3, -0.25) is 14.6 Å². The number of amides is 1. The Bertz CT molecular complexity index is 359. The molecule has 2 fully saturated rings. The predicted molar refractivity (Wildman–Crippen MR) is 84.4 cm³/mol. The number of ether oxygens (including phenoxy) is 1. The molecule has 0 radical (unpaired) electrons. The van der Waals surface area contributed by atoms with E-state index in [0.29, 0.717) is 6.04 Å². The molecule has 0 spiro atoms. The van der Waals surface area contributed by atoms with E-state index in [0.717, 1.165) is 58.9 Å². The molecule has 2 heterocycles. The summed E-state index contributed by atoms with van der Waals surface area (Å²) in [7, 11) is 0. The van der Waals surface area contributed by atoms with Crippen LogP contribution in [0, 0.1) is 0 Å². The summed E-state index contributed by atoms with van der Waals surface area (Å²) in [6, 6.07) is 0.485. The summed E-state index contributed by atoms with van der Waals surface area (Å²) < 4.78 is 5.49. The standard InChI is InChI=1S/C16H31N3O2/c1-5-6-18-8-10-19(16(3,4)15(18)20)9-7-17-11-12-21-13-14(17)2/h14H,5-13H2,1-4H3. The van der Waals surface area contributed by atoms with Gasteiger partial charge in [-0.05, 0) is 27.2 Å². The highest BCUT2D eigenvalue weighted by atomic mass is 16.5. The zero-order valence-corrected chi connectivity index (χ0v) is 14.1. The number of piperazine rings is 1. The predicted octanol–water partition coefficient (Wildman–Crippen LogP) is 1.04. The van der Waals surface area contributed by atoms with Crippen LogP contribution in [0.3, 0.4) is 0 Å². The van der Waals surface area contributed by atoms with E-state index in [1.54, 1.807) is 0 Å². The smallest absolute Gasteiger partial charge is 0.242 e. The number of hydrogen-bond acceptors (Lipinski definition) is 4. The molecule has 0 saturated carbocycles. The molecular weight excluding hydrogens is 266 g/mol. The molecule has 0 aromatic rings. The van der Waals surface area contributed by atoms with E-state index in [2.05, 4.69) is 37.5 Å². The molecule has 2 saturated heterocycles. The molecule has 0 aromatic carbocycles. The summed E-state index contributed by atoms with van der Waals surface area (Å²) in [4.78, 5) is 19.5. The molecule has 1 unspecified atom stereocenters. The average Bonchev–Trinajstić information content (AvgIpc) is 2.45. The first kappa shape index (κ1) is 16.7. The van der Waals surface area contributed by atoms with Crippen molar-refractivity contribution >= 4 is 5.91 Å². The Kier molecular flexibility index (Phi) is 5.63. The number of hydrogen-bond donors (Lipinski definition) is 0. The minimum absolute atomic E-state index is 0.283. The fourth-order valence-corrected chi connectivity index (χ4v) is 3.36. The lowest BCUT2D eigenvalue weighted by Gasteiger charge is -2.47. The third-order valence-corrected chi connectivity index (χ3v) is 4.90. The molecule has 2 rings (SSSR count). The van der Waals surface area contributed by atoms with Crippen molar-refractivity contribution in [3.8, 4) is 0 Å². The van der Waals surface area contributed by atoms with Gasteiger partial charge in [0.05, 0.1) is 18.8 Å². The molecule has 0 aliphatic carbocycles. The quantitative estimate of drug-likeness (QED) is 0.760. The van der Waals surface area contributed by atoms with Gasteiger partial charge in [-0.15, -0.1) is 0 Å². The molecule has 21 heavy (non-hydrogen) atoms. The van der Waals surface area contributed by atoms with Gasteiger partial charge in [0.15, 0.2) is 0 Å². The minimum atomic E-state index is -0.372. The Morgan fingerprint density at radius 3 is 2.62 bits per heavy atom. The van der Waals surface area contributed by atoms with E-state index in [9.17, 15) is 4.79 Å². The third-order valence-electron chi connectivity index (χ3n) is 4.90. The molecular formula is C16H31N3O2. The maximum Gasteiger partial charge on any atom is 0.242 e. The van der Waals surface area contributed by atoms with Gasteiger partial charge < -0.3 is 9.64 Å². The van der Waals surface area contributed by atoms with Crippen LogP contribution >= 0.6 is 0 Å². The number of carbonyl (C=O) groups excluding carboxylic acids is 1. The Labute approximate surface area is 129 Å². The highest BCUT2D eigenvalue weighted by Gasteiger charge is 2.41. The van der Waals surface area contributed by atoms with Crippen molar-refractivity contribution < 1.29 is 9.53 Å². The van der Waals surface area contributed by atoms with Crippen molar-refractivity contribution in [2.24, 2.45) is 0 Å². The molecule has 1 atom stereocenters. The van der Waals surface area contributed by atoms with Crippen LogP contribution < -0.4 is 0 Å². The van der Waals surface area contributed by atoms with Crippen molar-refractivity contribution in [1.82, 2.24) is 14.7 Å². The molecule has 2 aliphatic heterocycles. The van der Waals surface area contributed by atoms with Crippen LogP contribution in [0.25, 0.3) is 0 Å². The van der Waals surface area contributed by atoms with Crippen LogP contribution in [-0.4, -0.2) is 84.7 Å². The van der Waals surface area contributed by atoms with Crippen LogP contribution in [0.2, 0.25) is 0 Å². The zero-order chi connectivity index (χ0) is 15.5. The molecule has 122 valence electrons. The maximum absolute atomic E-state index is 12.6. The Balaban J connectivity index is 1.90. The summed E-state index contributed by atoms with van der Waals surface area (Å²) in [5, 5.41) is 0. The van der Waals surface area contributed by atoms with E-state index in [1.807, 2.05) is 4.90 Å². The fourth-order valence-electron chi connectivity index (χ4n) is 3.36. The highest BCUT2D eigenvalue weighted by molar-refractivity contribution is 5.86. The molecule has 1 amide bonds. The van der Waals surface area contributed by atoms with Crippen molar-refractivity contribution in [3.05, 3.63) is 0 Å². The Morgan fingerprint density at radius 1 is 1.19 bits per heavy atom. The number of rotatable bonds is 5. The zero-order valence-electron chi connectivity index (χ0n) is 14.1. The van der Waals surface area contributed by atoms with E-state index in [-0.39, 0.29) is 11.4 Å². The van der Waals surface area contributed by atoms with Gasteiger partial charge >= 0.3 is 0 Å². The minimum Gasteiger partial charge on any atom is -0.379 e. The average molecular weight is 297 g/mol. The Morgan fingerprint density at radius 2 is 1.95 bits per heavy atom. The van der Waals surface area contributed by atoms with Crippen LogP contribution in [0.15, 0.2) is 0 Å². The molecule has 0 N–H and O–H groups in total. The van der Waals surface area contributed by atoms with E-state index < -0.39 is 0 Å². The second kappa shape index (κ2) is 7.07. The van der Waals surface area contributed by atoms with Gasteiger partial charge in [-0.1, -0.05) is 6.92 Å². The van der Waals surface area contributed by atoms with Gasteiger partial charge in [-0.25, -0.2) is 0 Å². The van der Waals surface area contributed by atoms with Crippen LogP contribution in [0.5, 0.6) is 0 Å². The van der Waals surface area contributed by atoms with E-state index in [4.69, 9.17) is 4.74 Å². The van der Waals surface area contributed by atoms with Gasteiger partial charge in [-0.2, -0.15) is 0 Å². The lowest BCUT2D eigenvalue weighted by Crippen LogP contribution is -2.64. The summed E-state index contributed by atoms with van der Waals surface area (Å²) in [6.07, 6.45) is 1.03. The van der Waals surface area contributed by atoms with Crippen molar-refractivity contribution in [1.29, 1.82) is 0 Å². The summed E-state index contributed by atoms with van der Waals surface area (Å²) in [6.45, 7) is 15.9. The first-order valence-corrected chi connectivity index (χ1v) is 8.33. The first-order valence-electron chi connectivity index (χ1n) is 8.33. The van der Waals surface area contributed by atoms with Crippen LogP contribution in [0.4, 0.5) is 0 Å². The van der Waals surface area contributed by atoms with Gasteiger partial charge in [0.2, 0.25) is 5.91 Å². The monoisotopic (exact) mass is 297 g/mol. The molecule has 2 aliphatic rings. The number of carbonyl (C=O) groups is 1. The summed E-state index contributed by atoms with van der Waals surface area (Å²) >= 11 is 0. The van der Waals surface area contributed by atoms with Crippen LogP contribution in [0.1, 0.15) is 34.1 Å². The number of morpholine rings is 1. The largest absolute Gasteiger partial charge is 0.379 e. The third kappa shape index (κ3) is 3.76. The molecule has 0 bridgehead atoms.